The molecule has 19 heavy (non-hydrogen) atoms. The maximum absolute atomic E-state index is 12.0. The van der Waals surface area contributed by atoms with Gasteiger partial charge in [-0.3, -0.25) is 9.59 Å². The number of carbonyl (C=O) groups is 2. The first kappa shape index (κ1) is 13.5. The van der Waals surface area contributed by atoms with Crippen LogP contribution in [0.1, 0.15) is 28.8 Å². The Morgan fingerprint density at radius 2 is 2.11 bits per heavy atom. The summed E-state index contributed by atoms with van der Waals surface area (Å²) in [5.74, 6) is -0.0444. The van der Waals surface area contributed by atoms with Gasteiger partial charge in [0.15, 0.2) is 0 Å². The molecule has 1 saturated heterocycles. The molecule has 1 aromatic rings. The molecule has 1 aliphatic rings. The van der Waals surface area contributed by atoms with Crippen molar-refractivity contribution in [3.05, 3.63) is 35.4 Å². The molecule has 102 valence electrons. The van der Waals surface area contributed by atoms with Crippen LogP contribution in [0.15, 0.2) is 24.3 Å². The van der Waals surface area contributed by atoms with E-state index >= 15 is 0 Å². The zero-order chi connectivity index (χ0) is 13.7. The largest absolute Gasteiger partial charge is 0.354 e. The molecule has 2 rings (SSSR count). The van der Waals surface area contributed by atoms with Gasteiger partial charge in [0, 0.05) is 24.6 Å². The van der Waals surface area contributed by atoms with Crippen molar-refractivity contribution >= 4 is 11.8 Å². The van der Waals surface area contributed by atoms with E-state index in [0.29, 0.717) is 31.5 Å². The first-order valence-electron chi connectivity index (χ1n) is 6.55. The van der Waals surface area contributed by atoms with Crippen LogP contribution >= 0.6 is 0 Å². The van der Waals surface area contributed by atoms with Gasteiger partial charge < -0.3 is 16.4 Å². The molecular weight excluding hydrogens is 242 g/mol. The van der Waals surface area contributed by atoms with Crippen molar-refractivity contribution in [3.63, 3.8) is 0 Å². The van der Waals surface area contributed by atoms with Crippen LogP contribution in [0.3, 0.4) is 0 Å². The Morgan fingerprint density at radius 1 is 1.37 bits per heavy atom. The Morgan fingerprint density at radius 3 is 2.68 bits per heavy atom. The van der Waals surface area contributed by atoms with Crippen molar-refractivity contribution in [3.8, 4) is 0 Å². The summed E-state index contributed by atoms with van der Waals surface area (Å²) in [6.07, 6.45) is 1.99. The van der Waals surface area contributed by atoms with E-state index in [1.165, 1.54) is 0 Å². The lowest BCUT2D eigenvalue weighted by Crippen LogP contribution is -2.47. The minimum absolute atomic E-state index is 0.0221. The van der Waals surface area contributed by atoms with Crippen LogP contribution in [0.5, 0.6) is 0 Å². The third-order valence-electron chi connectivity index (χ3n) is 3.25. The molecule has 5 heteroatoms. The molecule has 1 heterocycles. The molecule has 5 nitrogen and oxygen atoms in total. The predicted octanol–water partition coefficient (Wildman–Crippen LogP) is 0.196. The first-order chi connectivity index (χ1) is 9.19. The van der Waals surface area contributed by atoms with Crippen molar-refractivity contribution in [2.24, 2.45) is 5.73 Å². The monoisotopic (exact) mass is 261 g/mol. The lowest BCUT2D eigenvalue weighted by atomic mass is 10.1. The minimum Gasteiger partial charge on any atom is -0.354 e. The molecule has 1 aliphatic heterocycles. The summed E-state index contributed by atoms with van der Waals surface area (Å²) >= 11 is 0. The second-order valence-corrected chi connectivity index (χ2v) is 4.75. The standard InChI is InChI=1S/C14H19N3O2/c15-8-7-10-1-3-11(4-2-10)14(19)17-12-5-6-13(18)16-9-12/h1-4,12H,5-9,15H2,(H,16,18)(H,17,19). The number of nitrogens with one attached hydrogen (secondary N) is 2. The number of hydrogen-bond donors (Lipinski definition) is 3. The summed E-state index contributed by atoms with van der Waals surface area (Å²) in [7, 11) is 0. The maximum Gasteiger partial charge on any atom is 0.251 e. The fourth-order valence-corrected chi connectivity index (χ4v) is 2.11. The van der Waals surface area contributed by atoms with Crippen molar-refractivity contribution in [2.45, 2.75) is 25.3 Å². The summed E-state index contributed by atoms with van der Waals surface area (Å²) in [5.41, 5.74) is 7.24. The van der Waals surface area contributed by atoms with Gasteiger partial charge >= 0.3 is 0 Å². The molecule has 0 aromatic heterocycles. The average Bonchev–Trinajstić information content (AvgIpc) is 2.42. The second-order valence-electron chi connectivity index (χ2n) is 4.75. The minimum atomic E-state index is -0.0968. The molecule has 0 saturated carbocycles. The Labute approximate surface area is 112 Å². The SMILES string of the molecule is NCCc1ccc(C(=O)NC2CCC(=O)NC2)cc1. The van der Waals surface area contributed by atoms with Gasteiger partial charge in [-0.25, -0.2) is 0 Å². The third-order valence-corrected chi connectivity index (χ3v) is 3.25. The van der Waals surface area contributed by atoms with Crippen molar-refractivity contribution in [1.29, 1.82) is 0 Å². The van der Waals surface area contributed by atoms with Gasteiger partial charge in [-0.1, -0.05) is 12.1 Å². The topological polar surface area (TPSA) is 84.2 Å². The van der Waals surface area contributed by atoms with Crippen LogP contribution in [0.25, 0.3) is 0 Å². The first-order valence-corrected chi connectivity index (χ1v) is 6.55. The number of benzene rings is 1. The van der Waals surface area contributed by atoms with Crippen molar-refractivity contribution in [2.75, 3.05) is 13.1 Å². The van der Waals surface area contributed by atoms with Crippen LogP contribution in [0, 0.1) is 0 Å². The summed E-state index contributed by atoms with van der Waals surface area (Å²) < 4.78 is 0. The number of hydrogen-bond acceptors (Lipinski definition) is 3. The second kappa shape index (κ2) is 6.33. The quantitative estimate of drug-likeness (QED) is 0.723. The third kappa shape index (κ3) is 3.79. The van der Waals surface area contributed by atoms with Gasteiger partial charge in [0.1, 0.15) is 0 Å². The highest BCUT2D eigenvalue weighted by Crippen LogP contribution is 2.07. The molecule has 1 aromatic carbocycles. The van der Waals surface area contributed by atoms with Gasteiger partial charge in [-0.05, 0) is 37.1 Å². The fraction of sp³-hybridized carbons (Fsp3) is 0.429. The Hall–Kier alpha value is -1.88. The fourth-order valence-electron chi connectivity index (χ4n) is 2.11. The van der Waals surface area contributed by atoms with Crippen LogP contribution in [0.2, 0.25) is 0 Å². The molecule has 0 radical (unpaired) electrons. The maximum atomic E-state index is 12.0. The molecule has 1 unspecified atom stereocenters. The molecule has 4 N–H and O–H groups in total. The highest BCUT2D eigenvalue weighted by Gasteiger charge is 2.19. The normalized spacial score (nSPS) is 18.8. The van der Waals surface area contributed by atoms with Crippen LogP contribution in [-0.2, 0) is 11.2 Å². The lowest BCUT2D eigenvalue weighted by molar-refractivity contribution is -0.122. The van der Waals surface area contributed by atoms with E-state index in [2.05, 4.69) is 10.6 Å². The van der Waals surface area contributed by atoms with Crippen molar-refractivity contribution in [1.82, 2.24) is 10.6 Å². The number of carbonyl (C=O) groups excluding carboxylic acids is 2. The van der Waals surface area contributed by atoms with E-state index in [9.17, 15) is 9.59 Å². The van der Waals surface area contributed by atoms with Crippen molar-refractivity contribution < 1.29 is 9.59 Å². The van der Waals surface area contributed by atoms with Gasteiger partial charge in [-0.15, -0.1) is 0 Å². The molecule has 0 aliphatic carbocycles. The highest BCUT2D eigenvalue weighted by molar-refractivity contribution is 5.94. The molecule has 1 fully saturated rings. The van der Waals surface area contributed by atoms with E-state index in [1.807, 2.05) is 24.3 Å². The summed E-state index contributed by atoms with van der Waals surface area (Å²) in [6, 6.07) is 7.48. The number of nitrogens with two attached hydrogens (primary N) is 1. The van der Waals surface area contributed by atoms with Gasteiger partial charge in [-0.2, -0.15) is 0 Å². The van der Waals surface area contributed by atoms with Crippen LogP contribution in [0.4, 0.5) is 0 Å². The smallest absolute Gasteiger partial charge is 0.251 e. The van der Waals surface area contributed by atoms with E-state index in [1.54, 1.807) is 0 Å². The van der Waals surface area contributed by atoms with E-state index in [4.69, 9.17) is 5.73 Å². The van der Waals surface area contributed by atoms with Crippen LogP contribution < -0.4 is 16.4 Å². The molecule has 0 spiro atoms. The van der Waals surface area contributed by atoms with E-state index in [-0.39, 0.29) is 17.9 Å². The highest BCUT2D eigenvalue weighted by atomic mass is 16.2. The zero-order valence-corrected chi connectivity index (χ0v) is 10.8. The molecule has 1 atom stereocenters. The van der Waals surface area contributed by atoms with Gasteiger partial charge in [0.05, 0.1) is 0 Å². The molecule has 2 amide bonds. The van der Waals surface area contributed by atoms with Crippen LogP contribution in [-0.4, -0.2) is 30.9 Å². The summed E-state index contributed by atoms with van der Waals surface area (Å²) in [5, 5.41) is 5.68. The Kier molecular flexibility index (Phi) is 4.52. The predicted molar refractivity (Wildman–Crippen MR) is 72.7 cm³/mol. The van der Waals surface area contributed by atoms with Gasteiger partial charge in [0.2, 0.25) is 5.91 Å². The number of amides is 2. The molecule has 0 bridgehead atoms. The lowest BCUT2D eigenvalue weighted by Gasteiger charge is -2.23. The zero-order valence-electron chi connectivity index (χ0n) is 10.8. The average molecular weight is 261 g/mol. The molecular formula is C14H19N3O2. The van der Waals surface area contributed by atoms with E-state index in [0.717, 1.165) is 12.0 Å². The summed E-state index contributed by atoms with van der Waals surface area (Å²) in [6.45, 7) is 1.11. The van der Waals surface area contributed by atoms with E-state index < -0.39 is 0 Å². The number of piperidine rings is 1. The summed E-state index contributed by atoms with van der Waals surface area (Å²) in [4.78, 5) is 23.0. The number of rotatable bonds is 4. The Balaban J connectivity index is 1.90. The Bertz CT molecular complexity index is 446. The van der Waals surface area contributed by atoms with Gasteiger partial charge in [0.25, 0.3) is 5.91 Å².